The summed E-state index contributed by atoms with van der Waals surface area (Å²) >= 11 is 0. The largest absolute Gasteiger partial charge is 0.423 e. The lowest BCUT2D eigenvalue weighted by Gasteiger charge is -2.03. The van der Waals surface area contributed by atoms with Gasteiger partial charge in [0.25, 0.3) is 15.7 Å². The summed E-state index contributed by atoms with van der Waals surface area (Å²) in [5.41, 5.74) is 0.309. The Morgan fingerprint density at radius 2 is 1.81 bits per heavy atom. The van der Waals surface area contributed by atoms with Crippen molar-refractivity contribution in [3.05, 3.63) is 80.7 Å². The lowest BCUT2D eigenvalue weighted by atomic mass is 10.1. The number of hydrogen-bond acceptors (Lipinski definition) is 7. The molecule has 0 aliphatic carbocycles. The summed E-state index contributed by atoms with van der Waals surface area (Å²) in [6.07, 6.45) is 1.29. The second-order valence-corrected chi connectivity index (χ2v) is 6.82. The van der Waals surface area contributed by atoms with Crippen LogP contribution in [0, 0.1) is 10.1 Å². The number of hydrazone groups is 1. The summed E-state index contributed by atoms with van der Waals surface area (Å²) in [6.45, 7) is 0. The fraction of sp³-hybridized carbons (Fsp3) is 0. The first-order valence-corrected chi connectivity index (χ1v) is 8.67. The van der Waals surface area contributed by atoms with Gasteiger partial charge in [0.15, 0.2) is 0 Å². The minimum Gasteiger partial charge on any atom is -0.423 e. The quantitative estimate of drug-likeness (QED) is 0.315. The number of benzene rings is 2. The summed E-state index contributed by atoms with van der Waals surface area (Å²) in [5.74, 6) is 0. The van der Waals surface area contributed by atoms with Crippen molar-refractivity contribution in [2.24, 2.45) is 5.10 Å². The number of nitro groups is 1. The molecule has 0 saturated heterocycles. The first-order chi connectivity index (χ1) is 12.3. The highest BCUT2D eigenvalue weighted by Gasteiger charge is 2.14. The molecule has 0 aliphatic heterocycles. The smallest absolute Gasteiger partial charge is 0.336 e. The minimum absolute atomic E-state index is 0.152. The fourth-order valence-corrected chi connectivity index (χ4v) is 2.93. The van der Waals surface area contributed by atoms with Gasteiger partial charge in [0.2, 0.25) is 0 Å². The zero-order chi connectivity index (χ0) is 18.7. The summed E-state index contributed by atoms with van der Waals surface area (Å²) in [7, 11) is -3.95. The van der Waals surface area contributed by atoms with Gasteiger partial charge in [0, 0.05) is 23.6 Å². The van der Waals surface area contributed by atoms with Crippen molar-refractivity contribution < 1.29 is 17.8 Å². The molecule has 0 radical (unpaired) electrons. The van der Waals surface area contributed by atoms with Gasteiger partial charge in [-0.15, -0.1) is 0 Å². The molecule has 0 atom stereocenters. The maximum absolute atomic E-state index is 12.1. The molecule has 0 amide bonds. The van der Waals surface area contributed by atoms with Gasteiger partial charge in [-0.05, 0) is 42.0 Å². The van der Waals surface area contributed by atoms with Crippen LogP contribution < -0.4 is 10.5 Å². The molecule has 10 heteroatoms. The number of sulfonamides is 1. The molecule has 2 aromatic carbocycles. The first kappa shape index (κ1) is 17.3. The van der Waals surface area contributed by atoms with E-state index >= 15 is 0 Å². The van der Waals surface area contributed by atoms with Crippen LogP contribution in [0.15, 0.2) is 73.8 Å². The Labute approximate surface area is 146 Å². The van der Waals surface area contributed by atoms with Gasteiger partial charge in [0.1, 0.15) is 5.58 Å². The Bertz CT molecular complexity index is 1170. The van der Waals surface area contributed by atoms with Crippen LogP contribution in [-0.2, 0) is 10.0 Å². The van der Waals surface area contributed by atoms with Crippen LogP contribution in [0.4, 0.5) is 5.69 Å². The lowest BCUT2D eigenvalue weighted by Crippen LogP contribution is -2.18. The van der Waals surface area contributed by atoms with Crippen molar-refractivity contribution in [3.8, 4) is 0 Å². The zero-order valence-electron chi connectivity index (χ0n) is 13.0. The standard InChI is InChI=1S/C16H11N3O6S/c20-16-8-2-12-9-11(1-7-15(12)25-16)10-17-18-26(23,24)14-5-3-13(4-6-14)19(21)22/h1-10,18H/b17-10+. The highest BCUT2D eigenvalue weighted by molar-refractivity contribution is 7.89. The van der Waals surface area contributed by atoms with Crippen LogP contribution in [0.5, 0.6) is 0 Å². The van der Waals surface area contributed by atoms with Crippen LogP contribution >= 0.6 is 0 Å². The van der Waals surface area contributed by atoms with Gasteiger partial charge in [-0.3, -0.25) is 10.1 Å². The van der Waals surface area contributed by atoms with Crippen molar-refractivity contribution in [3.63, 3.8) is 0 Å². The maximum Gasteiger partial charge on any atom is 0.336 e. The van der Waals surface area contributed by atoms with Crippen LogP contribution in [0.3, 0.4) is 0 Å². The average molecular weight is 373 g/mol. The highest BCUT2D eigenvalue weighted by Crippen LogP contribution is 2.16. The van der Waals surface area contributed by atoms with Crippen molar-refractivity contribution in [2.75, 3.05) is 0 Å². The predicted molar refractivity (Wildman–Crippen MR) is 93.5 cm³/mol. The Balaban J connectivity index is 1.77. The van der Waals surface area contributed by atoms with E-state index in [1.165, 1.54) is 12.3 Å². The molecule has 0 saturated carbocycles. The van der Waals surface area contributed by atoms with E-state index in [1.807, 2.05) is 4.83 Å². The van der Waals surface area contributed by atoms with E-state index in [0.717, 1.165) is 24.3 Å². The molecule has 26 heavy (non-hydrogen) atoms. The second-order valence-electron chi connectivity index (χ2n) is 5.16. The Morgan fingerprint density at radius 3 is 2.50 bits per heavy atom. The maximum atomic E-state index is 12.1. The number of non-ortho nitro benzene ring substituents is 1. The topological polar surface area (TPSA) is 132 Å². The number of hydrogen-bond donors (Lipinski definition) is 1. The Hall–Kier alpha value is -3.53. The number of nitrogens with one attached hydrogen (secondary N) is 1. The normalized spacial score (nSPS) is 11.7. The van der Waals surface area contributed by atoms with E-state index in [1.54, 1.807) is 24.3 Å². The number of nitrogens with zero attached hydrogens (tertiary/aromatic N) is 2. The van der Waals surface area contributed by atoms with Gasteiger partial charge < -0.3 is 4.42 Å². The summed E-state index contributed by atoms with van der Waals surface area (Å²) in [4.78, 5) is 23.0. The molecule has 1 aromatic heterocycles. The molecule has 132 valence electrons. The van der Waals surface area contributed by atoms with E-state index in [4.69, 9.17) is 4.42 Å². The van der Waals surface area contributed by atoms with Gasteiger partial charge in [0.05, 0.1) is 16.0 Å². The molecule has 0 fully saturated rings. The van der Waals surface area contributed by atoms with E-state index < -0.39 is 20.6 Å². The third kappa shape index (κ3) is 3.75. The van der Waals surface area contributed by atoms with Gasteiger partial charge >= 0.3 is 5.63 Å². The first-order valence-electron chi connectivity index (χ1n) is 7.18. The summed E-state index contributed by atoms with van der Waals surface area (Å²) in [5, 5.41) is 14.9. The van der Waals surface area contributed by atoms with E-state index in [-0.39, 0.29) is 10.6 Å². The Morgan fingerprint density at radius 1 is 1.08 bits per heavy atom. The van der Waals surface area contributed by atoms with E-state index in [9.17, 15) is 23.3 Å². The SMILES string of the molecule is O=c1ccc2cc(/C=N/NS(=O)(=O)c3ccc([N+](=O)[O-])cc3)ccc2o1. The van der Waals surface area contributed by atoms with Gasteiger partial charge in [-0.2, -0.15) is 13.5 Å². The Kier molecular flexibility index (Phi) is 4.50. The van der Waals surface area contributed by atoms with E-state index in [2.05, 4.69) is 5.10 Å². The van der Waals surface area contributed by atoms with E-state index in [0.29, 0.717) is 16.5 Å². The molecule has 3 aromatic rings. The van der Waals surface area contributed by atoms with Crippen molar-refractivity contribution in [2.45, 2.75) is 4.90 Å². The summed E-state index contributed by atoms with van der Waals surface area (Å²) in [6, 6.07) is 12.1. The zero-order valence-corrected chi connectivity index (χ0v) is 13.8. The molecule has 1 heterocycles. The summed E-state index contributed by atoms with van der Waals surface area (Å²) < 4.78 is 29.2. The number of fused-ring (bicyclic) bond motifs is 1. The molecular weight excluding hydrogens is 362 g/mol. The van der Waals surface area contributed by atoms with Crippen LogP contribution in [0.25, 0.3) is 11.0 Å². The second kappa shape index (κ2) is 6.76. The van der Waals surface area contributed by atoms with Crippen LogP contribution in [-0.4, -0.2) is 19.6 Å². The van der Waals surface area contributed by atoms with Gasteiger partial charge in [-0.25, -0.2) is 9.63 Å². The van der Waals surface area contributed by atoms with Crippen molar-refractivity contribution in [1.82, 2.24) is 4.83 Å². The van der Waals surface area contributed by atoms with Gasteiger partial charge in [-0.1, -0.05) is 0 Å². The van der Waals surface area contributed by atoms with Crippen molar-refractivity contribution in [1.29, 1.82) is 0 Å². The predicted octanol–water partition coefficient (Wildman–Crippen LogP) is 2.01. The molecular formula is C16H11N3O6S. The fourth-order valence-electron chi connectivity index (χ4n) is 2.14. The highest BCUT2D eigenvalue weighted by atomic mass is 32.2. The molecule has 1 N–H and O–H groups in total. The molecule has 0 bridgehead atoms. The molecule has 0 aliphatic rings. The number of nitro benzene ring substituents is 1. The molecule has 0 spiro atoms. The molecule has 3 rings (SSSR count). The average Bonchev–Trinajstić information content (AvgIpc) is 2.61. The van der Waals surface area contributed by atoms with Crippen LogP contribution in [0.1, 0.15) is 5.56 Å². The minimum atomic E-state index is -3.95. The molecule has 0 unspecified atom stereocenters. The van der Waals surface area contributed by atoms with Crippen LogP contribution in [0.2, 0.25) is 0 Å². The third-order valence-corrected chi connectivity index (χ3v) is 4.63. The monoisotopic (exact) mass is 373 g/mol. The molecule has 9 nitrogen and oxygen atoms in total. The third-order valence-electron chi connectivity index (χ3n) is 3.39. The lowest BCUT2D eigenvalue weighted by molar-refractivity contribution is -0.384. The van der Waals surface area contributed by atoms with Crippen molar-refractivity contribution >= 4 is 32.9 Å². The number of rotatable bonds is 5.